The number of aromatic nitrogens is 1. The number of benzene rings is 4. The number of hydrazone groups is 1. The highest BCUT2D eigenvalue weighted by atomic mass is 32.1. The number of hydrogen-bond acceptors (Lipinski definition) is 17. The molecule has 0 radical (unpaired) electrons. The molecule has 2 aliphatic carbocycles. The molecule has 0 unspecified atom stereocenters. The average molecular weight is 1160 g/mol. The van der Waals surface area contributed by atoms with Crippen LogP contribution in [0.1, 0.15) is 141 Å². The van der Waals surface area contributed by atoms with Gasteiger partial charge in [-0.1, -0.05) is 62.8 Å². The number of unbranched alkanes of at least 4 members (excludes halogenated alkanes) is 9. The summed E-state index contributed by atoms with van der Waals surface area (Å²) in [6, 6.07) is 27.6. The molecule has 83 heavy (non-hydrogen) atoms. The van der Waals surface area contributed by atoms with Crippen molar-refractivity contribution in [1.82, 2.24) is 4.98 Å². The van der Waals surface area contributed by atoms with Crippen LogP contribution in [0.3, 0.4) is 0 Å². The van der Waals surface area contributed by atoms with Gasteiger partial charge in [0.25, 0.3) is 0 Å². The van der Waals surface area contributed by atoms with Crippen LogP contribution in [0.2, 0.25) is 0 Å². The number of fused-ring (bicyclic) bond motifs is 1. The van der Waals surface area contributed by atoms with Gasteiger partial charge in [0, 0.05) is 24.3 Å². The third kappa shape index (κ3) is 21.6. The van der Waals surface area contributed by atoms with Crippen molar-refractivity contribution >= 4 is 62.7 Å². The largest absolute Gasteiger partial charge is 0.494 e. The minimum absolute atomic E-state index is 0.279. The maximum atomic E-state index is 14.0. The van der Waals surface area contributed by atoms with Crippen molar-refractivity contribution in [2.45, 2.75) is 135 Å². The van der Waals surface area contributed by atoms with Crippen LogP contribution < -0.4 is 33.4 Å². The van der Waals surface area contributed by atoms with E-state index in [1.807, 2.05) is 53.5 Å². The molecule has 4 aromatic carbocycles. The third-order valence-electron chi connectivity index (χ3n) is 14.8. The van der Waals surface area contributed by atoms with Crippen molar-refractivity contribution in [3.63, 3.8) is 0 Å². The van der Waals surface area contributed by atoms with Gasteiger partial charge in [-0.15, -0.1) is 0 Å². The van der Waals surface area contributed by atoms with Crippen molar-refractivity contribution < 1.29 is 61.9 Å². The first kappa shape index (κ1) is 63.1. The van der Waals surface area contributed by atoms with E-state index in [1.54, 1.807) is 60.0 Å². The summed E-state index contributed by atoms with van der Waals surface area (Å²) >= 11 is 1.56. The summed E-state index contributed by atoms with van der Waals surface area (Å²) in [6.45, 7) is 12.1. The minimum Gasteiger partial charge on any atom is -0.494 e. The maximum Gasteiger partial charge on any atom is 0.330 e. The number of rotatable bonds is 35. The predicted molar refractivity (Wildman–Crippen MR) is 322 cm³/mol. The molecule has 1 aromatic heterocycles. The molecule has 0 amide bonds. The molecule has 0 N–H and O–H groups in total. The van der Waals surface area contributed by atoms with E-state index in [0.717, 1.165) is 123 Å². The molecular weight excluding hydrogens is 1070 g/mol. The summed E-state index contributed by atoms with van der Waals surface area (Å²) in [5.74, 6) is 0.605. The Bertz CT molecular complexity index is 2840. The highest BCUT2D eigenvalue weighted by Crippen LogP contribution is 2.36. The summed E-state index contributed by atoms with van der Waals surface area (Å²) in [5, 5.41) is 7.59. The first-order chi connectivity index (χ1) is 40.6. The fraction of sp³-hybridized carbons (Fsp3) is 0.470. The van der Waals surface area contributed by atoms with Gasteiger partial charge in [-0.05, 0) is 194 Å². The van der Waals surface area contributed by atoms with Crippen LogP contribution in [0.4, 0.5) is 5.13 Å². The molecule has 2 aliphatic rings. The number of thiazole rings is 1. The second-order valence-corrected chi connectivity index (χ2v) is 22.2. The third-order valence-corrected chi connectivity index (χ3v) is 15.9. The first-order valence-electron chi connectivity index (χ1n) is 29.7. The van der Waals surface area contributed by atoms with Crippen molar-refractivity contribution in [3.05, 3.63) is 122 Å². The van der Waals surface area contributed by atoms with Crippen LogP contribution in [-0.4, -0.2) is 80.6 Å². The van der Waals surface area contributed by atoms with Gasteiger partial charge in [-0.25, -0.2) is 19.6 Å². The summed E-state index contributed by atoms with van der Waals surface area (Å²) in [6.07, 6.45) is 20.1. The molecule has 2 saturated carbocycles. The molecular formula is C66H81N3O13S. The van der Waals surface area contributed by atoms with Gasteiger partial charge < -0.3 is 37.9 Å². The van der Waals surface area contributed by atoms with E-state index in [9.17, 15) is 24.0 Å². The van der Waals surface area contributed by atoms with Crippen molar-refractivity contribution in [3.8, 4) is 34.5 Å². The molecule has 2 fully saturated rings. The lowest BCUT2D eigenvalue weighted by Crippen LogP contribution is -2.30. The van der Waals surface area contributed by atoms with Crippen LogP contribution in [0.15, 0.2) is 121 Å². The monoisotopic (exact) mass is 1160 g/mol. The highest BCUT2D eigenvalue weighted by molar-refractivity contribution is 7.22. The molecule has 0 saturated heterocycles. The molecule has 0 bridgehead atoms. The zero-order valence-corrected chi connectivity index (χ0v) is 48.9. The number of hydrogen-bond donors (Lipinski definition) is 0. The Labute approximate surface area is 492 Å². The molecule has 444 valence electrons. The van der Waals surface area contributed by atoms with E-state index in [0.29, 0.717) is 107 Å². The quantitative estimate of drug-likeness (QED) is 0.00930. The lowest BCUT2D eigenvalue weighted by molar-refractivity contribution is -0.145. The molecule has 0 atom stereocenters. The van der Waals surface area contributed by atoms with Crippen molar-refractivity contribution in [1.29, 1.82) is 0 Å². The number of carbonyl (C=O) groups excluding carboxylic acids is 5. The summed E-state index contributed by atoms with van der Waals surface area (Å²) in [5.41, 5.74) is 1.35. The second kappa shape index (κ2) is 34.8. The molecule has 16 nitrogen and oxygen atoms in total. The fourth-order valence-corrected chi connectivity index (χ4v) is 10.9. The zero-order chi connectivity index (χ0) is 58.4. The van der Waals surface area contributed by atoms with E-state index in [4.69, 9.17) is 48.0 Å². The topological polar surface area (TPSA) is 188 Å². The van der Waals surface area contributed by atoms with E-state index < -0.39 is 23.8 Å². The summed E-state index contributed by atoms with van der Waals surface area (Å²) in [7, 11) is 0. The lowest BCUT2D eigenvalue weighted by Gasteiger charge is -2.27. The first-order valence-corrected chi connectivity index (χ1v) is 30.5. The molecule has 17 heteroatoms. The van der Waals surface area contributed by atoms with Crippen LogP contribution in [0.5, 0.6) is 34.5 Å². The molecule has 5 aromatic rings. The molecule has 0 aliphatic heterocycles. The fourth-order valence-electron chi connectivity index (χ4n) is 9.91. The van der Waals surface area contributed by atoms with E-state index in [1.165, 1.54) is 6.08 Å². The number of carbonyl (C=O) groups is 5. The predicted octanol–water partition coefficient (Wildman–Crippen LogP) is 14.2. The number of anilines is 1. The van der Waals surface area contributed by atoms with E-state index in [2.05, 4.69) is 20.1 Å². The van der Waals surface area contributed by atoms with Gasteiger partial charge in [0.15, 0.2) is 0 Å². The number of para-hydroxylation sites is 1. The normalized spacial score (nSPS) is 16.8. The van der Waals surface area contributed by atoms with Gasteiger partial charge >= 0.3 is 29.8 Å². The Hall–Kier alpha value is -7.53. The number of esters is 5. The smallest absolute Gasteiger partial charge is 0.330 e. The summed E-state index contributed by atoms with van der Waals surface area (Å²) in [4.78, 5) is 68.3. The SMILES string of the molecule is C=CC(=O)OCCCCCCOc1ccc(OC[C@H]2CC[C@H](C(=O)Oc3ccc(OC(=O)[C@H]4CC[C@H](C(=O)Oc5ccc(OCCCCCCOC(=O)C=C)cc5)CC4)c(/C=N\N(CCCCCC)c4nc5ccccc5s4)c3)CC2)cc1. The average Bonchev–Trinajstić information content (AvgIpc) is 4.13. The Kier molecular flexibility index (Phi) is 26.4. The van der Waals surface area contributed by atoms with Crippen LogP contribution in [0, 0.1) is 23.7 Å². The lowest BCUT2D eigenvalue weighted by atomic mass is 9.82. The van der Waals surface area contributed by atoms with Crippen LogP contribution >= 0.6 is 11.3 Å². The van der Waals surface area contributed by atoms with Gasteiger partial charge in [0.05, 0.1) is 67.2 Å². The Morgan fingerprint density at radius 1 is 0.554 bits per heavy atom. The number of nitrogens with zero attached hydrogens (tertiary/aromatic N) is 3. The van der Waals surface area contributed by atoms with Crippen molar-refractivity contribution in [2.75, 3.05) is 44.6 Å². The maximum absolute atomic E-state index is 14.0. The van der Waals surface area contributed by atoms with E-state index in [-0.39, 0.29) is 29.5 Å². The Morgan fingerprint density at radius 3 is 1.59 bits per heavy atom. The zero-order valence-electron chi connectivity index (χ0n) is 48.1. The Morgan fingerprint density at radius 2 is 1.04 bits per heavy atom. The minimum atomic E-state index is -0.437. The van der Waals surface area contributed by atoms with Gasteiger partial charge in [0.1, 0.15) is 34.5 Å². The molecule has 7 rings (SSSR count). The molecule has 0 spiro atoms. The highest BCUT2D eigenvalue weighted by Gasteiger charge is 2.33. The van der Waals surface area contributed by atoms with Crippen LogP contribution in [0.25, 0.3) is 10.2 Å². The summed E-state index contributed by atoms with van der Waals surface area (Å²) < 4.78 is 47.0. The standard InChI is InChI=1S/C66H81N3O13S/c1-4-7-8-15-40-69(66-68-58-20-13-14-21-60(58)83-66)67-46-52-45-57(81-64(73)49-24-22-48(23-25-49)47-79-55-32-30-53(31-33-55)75-41-16-9-11-18-43-77-61(70)5-2)38-39-59(52)82-65(74)51-28-26-50(27-29-51)63(72)80-56-36-34-54(35-37-56)76-42-17-10-12-19-44-78-62(71)6-3/h5-6,13-14,20-21,30-39,45-46,48-51H,2-4,7-12,15-19,22-29,40-44,47H2,1H3/b67-46-/t48-,49-,50-,51-. The second-order valence-electron chi connectivity index (χ2n) is 21.1. The van der Waals surface area contributed by atoms with Crippen molar-refractivity contribution in [2.24, 2.45) is 28.8 Å². The van der Waals surface area contributed by atoms with E-state index >= 15 is 0 Å². The van der Waals surface area contributed by atoms with Gasteiger partial charge in [-0.2, -0.15) is 5.10 Å². The van der Waals surface area contributed by atoms with Gasteiger partial charge in [-0.3, -0.25) is 14.4 Å². The molecule has 1 heterocycles. The Balaban J connectivity index is 0.900. The van der Waals surface area contributed by atoms with Crippen LogP contribution in [-0.2, 0) is 33.4 Å². The van der Waals surface area contributed by atoms with Gasteiger partial charge in [0.2, 0.25) is 5.13 Å². The number of ether oxygens (including phenoxy) is 8.